The van der Waals surface area contributed by atoms with Crippen molar-refractivity contribution in [2.24, 2.45) is 0 Å². The van der Waals surface area contributed by atoms with E-state index in [1.165, 1.54) is 13.0 Å². The van der Waals surface area contributed by atoms with Crippen LogP contribution in [-0.4, -0.2) is 51.1 Å². The topological polar surface area (TPSA) is 134 Å². The van der Waals surface area contributed by atoms with Crippen LogP contribution in [0.3, 0.4) is 0 Å². The molecule has 23 heavy (non-hydrogen) atoms. The van der Waals surface area contributed by atoms with Crippen LogP contribution in [0, 0.1) is 0 Å². The van der Waals surface area contributed by atoms with Crippen molar-refractivity contribution in [2.45, 2.75) is 24.4 Å². The van der Waals surface area contributed by atoms with Crippen molar-refractivity contribution in [3.05, 3.63) is 16.7 Å². The summed E-state index contributed by atoms with van der Waals surface area (Å²) in [5, 5.41) is 0. The Kier molecular flexibility index (Phi) is 3.24. The highest BCUT2D eigenvalue weighted by Gasteiger charge is 2.55. The molecule has 0 spiro atoms. The second-order valence-electron chi connectivity index (χ2n) is 5.73. The molecule has 3 N–H and O–H groups in total. The quantitative estimate of drug-likeness (QED) is 0.751. The molecule has 2 aromatic heterocycles. The highest BCUT2D eigenvalue weighted by molar-refractivity contribution is 7.38. The van der Waals surface area contributed by atoms with Gasteiger partial charge in [0.1, 0.15) is 18.3 Å². The molecule has 0 aromatic carbocycles. The molecule has 0 aliphatic carbocycles. The largest absolute Gasteiger partial charge is 0.504 e. The molecule has 0 amide bonds. The third-order valence-corrected chi connectivity index (χ3v) is 4.55. The normalized spacial score (nSPS) is 30.2. The Morgan fingerprint density at radius 1 is 1.65 bits per heavy atom. The van der Waals surface area contributed by atoms with Gasteiger partial charge in [0.05, 0.1) is 12.9 Å². The number of rotatable bonds is 4. The summed E-state index contributed by atoms with van der Waals surface area (Å²) in [6.07, 6.45) is 1.39. The van der Waals surface area contributed by atoms with Gasteiger partial charge in [-0.1, -0.05) is 0 Å². The molecule has 0 radical (unpaired) electrons. The number of nitrogens with zero attached hydrogens (tertiary/aromatic N) is 3. The summed E-state index contributed by atoms with van der Waals surface area (Å²) in [5.41, 5.74) is 5.08. The molecular weight excluding hydrogens is 325 g/mol. The summed E-state index contributed by atoms with van der Waals surface area (Å²) in [4.78, 5) is 22.5. The predicted octanol–water partition coefficient (Wildman–Crippen LogP) is 0.147. The van der Waals surface area contributed by atoms with E-state index in [2.05, 4.69) is 15.0 Å². The molecule has 2 saturated heterocycles. The number of ether oxygens (including phenoxy) is 2. The van der Waals surface area contributed by atoms with Gasteiger partial charge in [-0.25, -0.2) is 4.98 Å². The molecule has 4 heterocycles. The number of hydrogen-bond acceptors (Lipinski definition) is 8. The van der Waals surface area contributed by atoms with Gasteiger partial charge >= 0.3 is 8.03 Å². The third-order valence-electron chi connectivity index (χ3n) is 4.06. The molecule has 1 unspecified atom stereocenters. The summed E-state index contributed by atoms with van der Waals surface area (Å²) in [5.74, 6) is 0.00866. The summed E-state index contributed by atoms with van der Waals surface area (Å²) in [6.45, 7) is 2.06. The molecule has 122 valence electrons. The van der Waals surface area contributed by atoms with Crippen LogP contribution in [-0.2, 0) is 18.6 Å². The van der Waals surface area contributed by atoms with Crippen LogP contribution in [0.15, 0.2) is 11.1 Å². The van der Waals surface area contributed by atoms with Crippen LogP contribution in [0.2, 0.25) is 0 Å². The fraction of sp³-hybridized carbons (Fsp3) is 0.583. The second-order valence-corrected chi connectivity index (χ2v) is 6.87. The maximum atomic E-state index is 11.9. The summed E-state index contributed by atoms with van der Waals surface area (Å²) in [7, 11) is -1.71. The van der Waals surface area contributed by atoms with Gasteiger partial charge in [0.25, 0.3) is 5.56 Å². The zero-order valence-electron chi connectivity index (χ0n) is 12.3. The molecule has 2 aliphatic heterocycles. The molecule has 0 saturated carbocycles. The lowest BCUT2D eigenvalue weighted by Gasteiger charge is -2.29. The zero-order chi connectivity index (χ0) is 16.2. The number of anilines is 1. The molecular formula is C12H15N5O5P+. The van der Waals surface area contributed by atoms with Crippen molar-refractivity contribution in [1.82, 2.24) is 19.5 Å². The average Bonchev–Trinajstić information content (AvgIpc) is 3.17. The molecule has 2 fully saturated rings. The Morgan fingerprint density at radius 2 is 2.48 bits per heavy atom. The minimum absolute atomic E-state index is 0.00866. The number of hydrogen-bond donors (Lipinski definition) is 2. The van der Waals surface area contributed by atoms with E-state index < -0.39 is 25.4 Å². The standard InChI is InChI=1S/C12H14N5O5P/c1-23(19)21-4-12-2-6(20-3-12)10(22-12)17-5-14-7-8(17)15-11(13)16-9(7)18/h5-6,10H,2-4H2,1H3,(H2-,13,15,16,18)/p+1/t6-,10-,12-/m1/s1. The van der Waals surface area contributed by atoms with Crippen LogP contribution in [0.1, 0.15) is 12.6 Å². The first-order valence-electron chi connectivity index (χ1n) is 7.03. The molecule has 10 nitrogen and oxygen atoms in total. The summed E-state index contributed by atoms with van der Waals surface area (Å²) in [6, 6.07) is 0. The van der Waals surface area contributed by atoms with E-state index >= 15 is 0 Å². The zero-order valence-corrected chi connectivity index (χ0v) is 13.2. The first-order chi connectivity index (χ1) is 11.0. The Balaban J connectivity index is 1.68. The van der Waals surface area contributed by atoms with Gasteiger partial charge in [0, 0.05) is 6.42 Å². The minimum Gasteiger partial charge on any atom is -0.370 e. The van der Waals surface area contributed by atoms with E-state index in [0.717, 1.165) is 0 Å². The maximum absolute atomic E-state index is 11.9. The first kappa shape index (κ1) is 14.7. The summed E-state index contributed by atoms with van der Waals surface area (Å²) < 4.78 is 29.9. The third kappa shape index (κ3) is 2.34. The SMILES string of the molecule is C[P+](=O)OC[C@]12CO[C@H](C1)[C@H](n1cnc3c(=O)[nH]c(N)nc31)O2. The number of nitrogens with two attached hydrogens (primary N) is 1. The van der Waals surface area contributed by atoms with Gasteiger partial charge in [-0.3, -0.25) is 14.3 Å². The molecule has 2 aliphatic rings. The highest BCUT2D eigenvalue weighted by atomic mass is 31.1. The number of imidazole rings is 1. The van der Waals surface area contributed by atoms with E-state index in [1.54, 1.807) is 4.57 Å². The van der Waals surface area contributed by atoms with Crippen LogP contribution in [0.4, 0.5) is 5.95 Å². The van der Waals surface area contributed by atoms with Gasteiger partial charge in [-0.05, 0) is 4.57 Å². The second kappa shape index (κ2) is 5.07. The summed E-state index contributed by atoms with van der Waals surface area (Å²) >= 11 is 0. The monoisotopic (exact) mass is 340 g/mol. The lowest BCUT2D eigenvalue weighted by atomic mass is 10.0. The van der Waals surface area contributed by atoms with Gasteiger partial charge in [0.2, 0.25) is 5.95 Å². The Hall–Kier alpha value is -1.87. The van der Waals surface area contributed by atoms with Crippen LogP contribution >= 0.6 is 8.03 Å². The highest BCUT2D eigenvalue weighted by Crippen LogP contribution is 2.46. The minimum atomic E-state index is -1.71. The fourth-order valence-corrected chi connectivity index (χ4v) is 3.47. The molecule has 11 heteroatoms. The van der Waals surface area contributed by atoms with E-state index in [0.29, 0.717) is 18.7 Å². The first-order valence-corrected chi connectivity index (χ1v) is 8.65. The predicted molar refractivity (Wildman–Crippen MR) is 79.3 cm³/mol. The van der Waals surface area contributed by atoms with Crippen molar-refractivity contribution in [2.75, 3.05) is 25.6 Å². The molecule has 2 bridgehead atoms. The Labute approximate surface area is 130 Å². The molecule has 4 atom stereocenters. The number of aromatic amines is 1. The maximum Gasteiger partial charge on any atom is 0.504 e. The Morgan fingerprint density at radius 3 is 3.26 bits per heavy atom. The van der Waals surface area contributed by atoms with Crippen LogP contribution < -0.4 is 11.3 Å². The van der Waals surface area contributed by atoms with Crippen molar-refractivity contribution >= 4 is 25.1 Å². The number of nitrogen functional groups attached to an aromatic ring is 1. The Bertz CT molecular complexity index is 850. The van der Waals surface area contributed by atoms with Gasteiger partial charge in [-0.2, -0.15) is 4.98 Å². The van der Waals surface area contributed by atoms with Crippen molar-refractivity contribution in [3.63, 3.8) is 0 Å². The number of nitrogens with one attached hydrogen (secondary N) is 1. The number of aromatic nitrogens is 4. The van der Waals surface area contributed by atoms with E-state index in [9.17, 15) is 9.36 Å². The number of fused-ring (bicyclic) bond motifs is 3. The van der Waals surface area contributed by atoms with Crippen molar-refractivity contribution in [3.8, 4) is 0 Å². The average molecular weight is 340 g/mol. The van der Waals surface area contributed by atoms with Gasteiger partial charge in [-0.15, -0.1) is 4.52 Å². The van der Waals surface area contributed by atoms with Gasteiger partial charge in [0.15, 0.2) is 24.1 Å². The van der Waals surface area contributed by atoms with Crippen LogP contribution in [0.5, 0.6) is 0 Å². The van der Waals surface area contributed by atoms with E-state index in [-0.39, 0.29) is 24.2 Å². The molecule has 4 rings (SSSR count). The van der Waals surface area contributed by atoms with E-state index in [1.807, 2.05) is 0 Å². The van der Waals surface area contributed by atoms with Crippen molar-refractivity contribution in [1.29, 1.82) is 0 Å². The van der Waals surface area contributed by atoms with Crippen LogP contribution in [0.25, 0.3) is 11.2 Å². The molecule has 2 aromatic rings. The van der Waals surface area contributed by atoms with Gasteiger partial charge < -0.3 is 15.2 Å². The van der Waals surface area contributed by atoms with Crippen molar-refractivity contribution < 1.29 is 18.6 Å². The lowest BCUT2D eigenvalue weighted by Crippen LogP contribution is -2.39. The fourth-order valence-electron chi connectivity index (χ4n) is 3.05. The number of H-pyrrole nitrogens is 1. The lowest BCUT2D eigenvalue weighted by molar-refractivity contribution is -0.179. The smallest absolute Gasteiger partial charge is 0.370 e. The van der Waals surface area contributed by atoms with E-state index in [4.69, 9.17) is 19.7 Å².